The molecule has 0 unspecified atom stereocenters. The van der Waals surface area contributed by atoms with Crippen molar-refractivity contribution in [3.05, 3.63) is 63.2 Å². The molecule has 1 amide bonds. The van der Waals surface area contributed by atoms with Crippen molar-refractivity contribution < 1.29 is 24.7 Å². The number of benzene rings is 2. The molecule has 0 aliphatic carbocycles. The van der Waals surface area contributed by atoms with E-state index in [4.69, 9.17) is 5.11 Å². The molecule has 0 spiro atoms. The van der Waals surface area contributed by atoms with Gasteiger partial charge in [0, 0.05) is 28.9 Å². The van der Waals surface area contributed by atoms with Crippen LogP contribution in [0.4, 0.5) is 11.4 Å². The fourth-order valence-electron chi connectivity index (χ4n) is 1.94. The minimum absolute atomic E-state index is 0.0732. The summed E-state index contributed by atoms with van der Waals surface area (Å²) in [5, 5.41) is 31.7. The van der Waals surface area contributed by atoms with Crippen molar-refractivity contribution >= 4 is 23.3 Å². The molecule has 0 saturated carbocycles. The third-order valence-corrected chi connectivity index (χ3v) is 3.15. The molecule has 2 aromatic carbocycles. The minimum Gasteiger partial charge on any atom is -0.507 e. The summed E-state index contributed by atoms with van der Waals surface area (Å²) in [6.45, 7) is 1.56. The molecule has 23 heavy (non-hydrogen) atoms. The van der Waals surface area contributed by atoms with Gasteiger partial charge in [-0.3, -0.25) is 14.9 Å². The van der Waals surface area contributed by atoms with E-state index in [9.17, 15) is 24.8 Å². The van der Waals surface area contributed by atoms with Crippen LogP contribution in [0, 0.1) is 17.0 Å². The van der Waals surface area contributed by atoms with Gasteiger partial charge >= 0.3 is 5.97 Å². The van der Waals surface area contributed by atoms with Crippen LogP contribution in [0.5, 0.6) is 5.75 Å². The van der Waals surface area contributed by atoms with Crippen molar-refractivity contribution in [2.75, 3.05) is 5.32 Å². The largest absolute Gasteiger partial charge is 0.507 e. The van der Waals surface area contributed by atoms with Crippen molar-refractivity contribution in [2.24, 2.45) is 0 Å². The number of carboxylic acid groups (broad SMARTS) is 1. The molecule has 8 nitrogen and oxygen atoms in total. The number of nitrogens with one attached hydrogen (secondary N) is 1. The van der Waals surface area contributed by atoms with E-state index in [0.29, 0.717) is 5.56 Å². The number of aryl methyl sites for hydroxylation is 1. The average Bonchev–Trinajstić information content (AvgIpc) is 2.46. The fourth-order valence-corrected chi connectivity index (χ4v) is 1.94. The highest BCUT2D eigenvalue weighted by Gasteiger charge is 2.16. The molecule has 2 rings (SSSR count). The number of hydrogen-bond acceptors (Lipinski definition) is 5. The average molecular weight is 316 g/mol. The van der Waals surface area contributed by atoms with Crippen molar-refractivity contribution in [1.82, 2.24) is 0 Å². The molecule has 2 aromatic rings. The first kappa shape index (κ1) is 16.0. The van der Waals surface area contributed by atoms with Crippen LogP contribution < -0.4 is 5.32 Å². The molecule has 0 atom stereocenters. The summed E-state index contributed by atoms with van der Waals surface area (Å²) >= 11 is 0. The number of hydrogen-bond donors (Lipinski definition) is 3. The lowest BCUT2D eigenvalue weighted by atomic mass is 10.1. The van der Waals surface area contributed by atoms with Crippen LogP contribution in [-0.4, -0.2) is 27.0 Å². The predicted octanol–water partition coefficient (Wildman–Crippen LogP) is 2.56. The standard InChI is InChI=1S/C15H12N2O6/c1-8-2-3-9(6-12(8)17(22)23)14(19)16-10-4-5-11(15(20)21)13(18)7-10/h2-7,18H,1H3,(H,16,19)(H,20,21). The molecule has 0 fully saturated rings. The second kappa shape index (κ2) is 6.14. The van der Waals surface area contributed by atoms with Crippen LogP contribution >= 0.6 is 0 Å². The van der Waals surface area contributed by atoms with E-state index in [1.165, 1.54) is 18.2 Å². The Morgan fingerprint density at radius 1 is 1.17 bits per heavy atom. The highest BCUT2D eigenvalue weighted by atomic mass is 16.6. The van der Waals surface area contributed by atoms with E-state index >= 15 is 0 Å². The molecular weight excluding hydrogens is 304 g/mol. The lowest BCUT2D eigenvalue weighted by Crippen LogP contribution is -2.12. The summed E-state index contributed by atoms with van der Waals surface area (Å²) in [7, 11) is 0. The van der Waals surface area contributed by atoms with Gasteiger partial charge in [-0.2, -0.15) is 0 Å². The summed E-state index contributed by atoms with van der Waals surface area (Å²) < 4.78 is 0. The van der Waals surface area contributed by atoms with Gasteiger partial charge in [0.2, 0.25) is 0 Å². The van der Waals surface area contributed by atoms with Gasteiger partial charge in [0.1, 0.15) is 11.3 Å². The number of nitro groups is 1. The first-order valence-corrected chi connectivity index (χ1v) is 6.42. The van der Waals surface area contributed by atoms with Crippen molar-refractivity contribution in [2.45, 2.75) is 6.92 Å². The third kappa shape index (κ3) is 3.43. The maximum Gasteiger partial charge on any atom is 0.339 e. The number of carbonyl (C=O) groups excluding carboxylic acids is 1. The number of nitrogens with zero attached hydrogens (tertiary/aromatic N) is 1. The maximum atomic E-state index is 12.1. The van der Waals surface area contributed by atoms with Crippen LogP contribution in [0.25, 0.3) is 0 Å². The monoisotopic (exact) mass is 316 g/mol. The number of aromatic carboxylic acids is 1. The number of rotatable bonds is 4. The normalized spacial score (nSPS) is 10.1. The minimum atomic E-state index is -1.30. The number of aromatic hydroxyl groups is 1. The van der Waals surface area contributed by atoms with Crippen LogP contribution in [0.1, 0.15) is 26.3 Å². The van der Waals surface area contributed by atoms with E-state index in [1.54, 1.807) is 6.92 Å². The molecule has 0 aromatic heterocycles. The van der Waals surface area contributed by atoms with Crippen LogP contribution in [0.2, 0.25) is 0 Å². The molecule has 118 valence electrons. The van der Waals surface area contributed by atoms with Gasteiger partial charge in [-0.25, -0.2) is 4.79 Å². The predicted molar refractivity (Wildman–Crippen MR) is 80.9 cm³/mol. The lowest BCUT2D eigenvalue weighted by Gasteiger charge is -2.07. The van der Waals surface area contributed by atoms with E-state index < -0.39 is 22.5 Å². The number of phenols is 1. The third-order valence-electron chi connectivity index (χ3n) is 3.15. The highest BCUT2D eigenvalue weighted by molar-refractivity contribution is 6.05. The zero-order chi connectivity index (χ0) is 17.1. The van der Waals surface area contributed by atoms with Gasteiger partial charge in [0.15, 0.2) is 0 Å². The molecular formula is C15H12N2O6. The molecule has 8 heteroatoms. The first-order chi connectivity index (χ1) is 10.8. The van der Waals surface area contributed by atoms with Gasteiger partial charge in [-0.1, -0.05) is 6.07 Å². The Balaban J connectivity index is 2.26. The first-order valence-electron chi connectivity index (χ1n) is 6.42. The van der Waals surface area contributed by atoms with Crippen molar-refractivity contribution in [3.8, 4) is 5.75 Å². The zero-order valence-electron chi connectivity index (χ0n) is 11.9. The summed E-state index contributed by atoms with van der Waals surface area (Å²) in [6.07, 6.45) is 0. The number of anilines is 1. The number of nitro benzene ring substituents is 1. The molecule has 0 radical (unpaired) electrons. The molecule has 0 aliphatic rings. The number of carbonyl (C=O) groups is 2. The van der Waals surface area contributed by atoms with Crippen LogP contribution in [0.15, 0.2) is 36.4 Å². The molecule has 0 heterocycles. The molecule has 0 aliphatic heterocycles. The smallest absolute Gasteiger partial charge is 0.339 e. The summed E-state index contributed by atoms with van der Waals surface area (Å²) in [6, 6.07) is 7.58. The second-order valence-electron chi connectivity index (χ2n) is 4.75. The second-order valence-corrected chi connectivity index (χ2v) is 4.75. The van der Waals surface area contributed by atoms with Crippen LogP contribution in [-0.2, 0) is 0 Å². The summed E-state index contributed by atoms with van der Waals surface area (Å²) in [4.78, 5) is 33.2. The van der Waals surface area contributed by atoms with Gasteiger partial charge in [0.25, 0.3) is 11.6 Å². The van der Waals surface area contributed by atoms with E-state index in [0.717, 1.165) is 18.2 Å². The SMILES string of the molecule is Cc1ccc(C(=O)Nc2ccc(C(=O)O)c(O)c2)cc1[N+](=O)[O-]. The lowest BCUT2D eigenvalue weighted by molar-refractivity contribution is -0.385. The van der Waals surface area contributed by atoms with E-state index in [1.807, 2.05) is 0 Å². The van der Waals surface area contributed by atoms with Gasteiger partial charge in [-0.05, 0) is 25.1 Å². The molecule has 0 bridgehead atoms. The number of carboxylic acids is 1. The quantitative estimate of drug-likeness (QED) is 0.587. The van der Waals surface area contributed by atoms with Crippen molar-refractivity contribution in [3.63, 3.8) is 0 Å². The Kier molecular flexibility index (Phi) is 4.26. The Morgan fingerprint density at radius 2 is 1.87 bits per heavy atom. The van der Waals surface area contributed by atoms with Crippen molar-refractivity contribution in [1.29, 1.82) is 0 Å². The van der Waals surface area contributed by atoms with Gasteiger partial charge < -0.3 is 15.5 Å². The summed E-state index contributed by atoms with van der Waals surface area (Å²) in [5.41, 5.74) is 0.190. The number of amides is 1. The zero-order valence-corrected chi connectivity index (χ0v) is 11.9. The Hall–Kier alpha value is -3.42. The van der Waals surface area contributed by atoms with Crippen LogP contribution in [0.3, 0.4) is 0 Å². The van der Waals surface area contributed by atoms with E-state index in [2.05, 4.69) is 5.32 Å². The maximum absolute atomic E-state index is 12.1. The Bertz CT molecular complexity index is 816. The topological polar surface area (TPSA) is 130 Å². The van der Waals surface area contributed by atoms with E-state index in [-0.39, 0.29) is 22.5 Å². The molecule has 3 N–H and O–H groups in total. The summed E-state index contributed by atoms with van der Waals surface area (Å²) in [5.74, 6) is -2.41. The molecule has 0 saturated heterocycles. The van der Waals surface area contributed by atoms with Gasteiger partial charge in [0.05, 0.1) is 4.92 Å². The Labute approximate surface area is 130 Å². The Morgan fingerprint density at radius 3 is 2.43 bits per heavy atom. The van der Waals surface area contributed by atoms with Gasteiger partial charge in [-0.15, -0.1) is 0 Å². The fraction of sp³-hybridized carbons (Fsp3) is 0.0667. The highest BCUT2D eigenvalue weighted by Crippen LogP contribution is 2.23.